The molecular weight excluding hydrogens is 264 g/mol. The van der Waals surface area contributed by atoms with Crippen molar-refractivity contribution in [3.63, 3.8) is 0 Å². The molecule has 1 aromatic carbocycles. The van der Waals surface area contributed by atoms with Crippen LogP contribution in [0.5, 0.6) is 0 Å². The van der Waals surface area contributed by atoms with E-state index < -0.39 is 6.10 Å². The van der Waals surface area contributed by atoms with Gasteiger partial charge < -0.3 is 20.1 Å². The fourth-order valence-electron chi connectivity index (χ4n) is 2.23. The number of nitrogens with zero attached hydrogens (tertiary/aromatic N) is 1. The van der Waals surface area contributed by atoms with Crippen LogP contribution in [0.4, 0.5) is 0 Å². The third-order valence-corrected chi connectivity index (χ3v) is 3.66. The van der Waals surface area contributed by atoms with Crippen LogP contribution >= 0.6 is 11.6 Å². The molecule has 1 saturated heterocycles. The van der Waals surface area contributed by atoms with E-state index in [1.165, 1.54) is 0 Å². The molecule has 1 aliphatic rings. The summed E-state index contributed by atoms with van der Waals surface area (Å²) in [5, 5.41) is 13.9. The van der Waals surface area contributed by atoms with E-state index in [1.807, 2.05) is 18.2 Å². The van der Waals surface area contributed by atoms with E-state index in [0.29, 0.717) is 11.6 Å². The number of nitrogens with one attached hydrogen (secondary N) is 1. The monoisotopic (exact) mass is 284 g/mol. The molecule has 1 aliphatic heterocycles. The lowest BCUT2D eigenvalue weighted by molar-refractivity contribution is -0.0191. The average molecular weight is 285 g/mol. The van der Waals surface area contributed by atoms with Crippen LogP contribution in [-0.4, -0.2) is 55.9 Å². The number of likely N-dealkylation sites (N-methyl/N-ethyl adjacent to an activating group) is 1. The molecule has 0 aromatic heterocycles. The maximum absolute atomic E-state index is 10.1. The van der Waals surface area contributed by atoms with Gasteiger partial charge in [-0.15, -0.1) is 0 Å². The molecule has 2 rings (SSSR count). The van der Waals surface area contributed by atoms with Gasteiger partial charge in [0.2, 0.25) is 0 Å². The van der Waals surface area contributed by atoms with E-state index in [1.54, 1.807) is 6.07 Å². The normalized spacial score (nSPS) is 22.4. The second-order valence-corrected chi connectivity index (χ2v) is 5.36. The summed E-state index contributed by atoms with van der Waals surface area (Å²) in [6, 6.07) is 7.38. The van der Waals surface area contributed by atoms with Crippen molar-refractivity contribution in [3.05, 3.63) is 34.9 Å². The molecule has 0 unspecified atom stereocenters. The van der Waals surface area contributed by atoms with E-state index in [4.69, 9.17) is 16.3 Å². The zero-order valence-electron chi connectivity index (χ0n) is 11.2. The Hall–Kier alpha value is -0.650. The molecule has 0 saturated carbocycles. The smallest absolute Gasteiger partial charge is 0.0928 e. The Morgan fingerprint density at radius 1 is 1.53 bits per heavy atom. The summed E-state index contributed by atoms with van der Waals surface area (Å²) < 4.78 is 5.65. The number of ether oxygens (including phenoxy) is 1. The number of aliphatic hydroxyl groups is 1. The summed E-state index contributed by atoms with van der Waals surface area (Å²) in [7, 11) is 2.09. The summed E-state index contributed by atoms with van der Waals surface area (Å²) >= 11 is 6.05. The molecule has 19 heavy (non-hydrogen) atoms. The SMILES string of the molecule is CN1CCO[C@H](CNC[C@H](O)c2ccccc2Cl)C1. The van der Waals surface area contributed by atoms with Crippen molar-refractivity contribution in [3.8, 4) is 0 Å². The molecule has 0 radical (unpaired) electrons. The third kappa shape index (κ3) is 4.44. The fraction of sp³-hybridized carbons (Fsp3) is 0.571. The number of benzene rings is 1. The van der Waals surface area contributed by atoms with Crippen molar-refractivity contribution in [1.29, 1.82) is 0 Å². The molecule has 2 N–H and O–H groups in total. The molecule has 5 heteroatoms. The lowest BCUT2D eigenvalue weighted by atomic mass is 10.1. The van der Waals surface area contributed by atoms with Gasteiger partial charge in [0, 0.05) is 36.8 Å². The van der Waals surface area contributed by atoms with Crippen molar-refractivity contribution < 1.29 is 9.84 Å². The molecule has 106 valence electrons. The quantitative estimate of drug-likeness (QED) is 0.855. The molecule has 0 aliphatic carbocycles. The van der Waals surface area contributed by atoms with Gasteiger partial charge in [-0.25, -0.2) is 0 Å². The van der Waals surface area contributed by atoms with E-state index in [9.17, 15) is 5.11 Å². The highest BCUT2D eigenvalue weighted by Crippen LogP contribution is 2.21. The number of morpholine rings is 1. The van der Waals surface area contributed by atoms with Gasteiger partial charge in [0.1, 0.15) is 0 Å². The number of halogens is 1. The van der Waals surface area contributed by atoms with Crippen LogP contribution in [0.25, 0.3) is 0 Å². The van der Waals surface area contributed by atoms with Gasteiger partial charge in [-0.2, -0.15) is 0 Å². The van der Waals surface area contributed by atoms with Gasteiger partial charge in [0.15, 0.2) is 0 Å². The lowest BCUT2D eigenvalue weighted by Gasteiger charge is -2.30. The minimum atomic E-state index is -0.588. The van der Waals surface area contributed by atoms with E-state index in [-0.39, 0.29) is 6.10 Å². The Labute approximate surface area is 119 Å². The fourth-order valence-corrected chi connectivity index (χ4v) is 2.49. The molecule has 0 amide bonds. The van der Waals surface area contributed by atoms with Crippen LogP contribution in [0.15, 0.2) is 24.3 Å². The molecule has 0 spiro atoms. The molecule has 1 aromatic rings. The predicted octanol–water partition coefficient (Wildman–Crippen LogP) is 1.29. The van der Waals surface area contributed by atoms with Crippen molar-refractivity contribution in [2.75, 3.05) is 39.8 Å². The minimum absolute atomic E-state index is 0.192. The summed E-state index contributed by atoms with van der Waals surface area (Å²) in [6.07, 6.45) is -0.396. The first-order valence-corrected chi connectivity index (χ1v) is 6.98. The van der Waals surface area contributed by atoms with E-state index >= 15 is 0 Å². The minimum Gasteiger partial charge on any atom is -0.387 e. The Morgan fingerprint density at radius 2 is 2.32 bits per heavy atom. The maximum Gasteiger partial charge on any atom is 0.0928 e. The number of aliphatic hydroxyl groups excluding tert-OH is 1. The van der Waals surface area contributed by atoms with Crippen LogP contribution in [0, 0.1) is 0 Å². The Kier molecular flexibility index (Phi) is 5.60. The van der Waals surface area contributed by atoms with Gasteiger partial charge in [-0.3, -0.25) is 0 Å². The molecule has 1 fully saturated rings. The summed E-state index contributed by atoms with van der Waals surface area (Å²) in [4.78, 5) is 2.25. The first kappa shape index (κ1) is 14.8. The Morgan fingerprint density at radius 3 is 3.05 bits per heavy atom. The highest BCUT2D eigenvalue weighted by molar-refractivity contribution is 6.31. The highest BCUT2D eigenvalue weighted by atomic mass is 35.5. The topological polar surface area (TPSA) is 44.7 Å². The Bertz CT molecular complexity index is 403. The third-order valence-electron chi connectivity index (χ3n) is 3.32. The van der Waals surface area contributed by atoms with Crippen molar-refractivity contribution >= 4 is 11.6 Å². The molecule has 2 atom stereocenters. The van der Waals surface area contributed by atoms with Crippen LogP contribution in [0.3, 0.4) is 0 Å². The summed E-state index contributed by atoms with van der Waals surface area (Å²) in [5.74, 6) is 0. The molecular formula is C14H21ClN2O2. The highest BCUT2D eigenvalue weighted by Gasteiger charge is 2.18. The average Bonchev–Trinajstić information content (AvgIpc) is 2.39. The van der Waals surface area contributed by atoms with Crippen molar-refractivity contribution in [2.45, 2.75) is 12.2 Å². The van der Waals surface area contributed by atoms with E-state index in [0.717, 1.165) is 31.8 Å². The van der Waals surface area contributed by atoms with Crippen LogP contribution in [0.2, 0.25) is 5.02 Å². The maximum atomic E-state index is 10.1. The zero-order valence-corrected chi connectivity index (χ0v) is 11.9. The van der Waals surface area contributed by atoms with Gasteiger partial charge in [-0.05, 0) is 13.1 Å². The van der Waals surface area contributed by atoms with Crippen LogP contribution in [0.1, 0.15) is 11.7 Å². The largest absolute Gasteiger partial charge is 0.387 e. The van der Waals surface area contributed by atoms with E-state index in [2.05, 4.69) is 17.3 Å². The standard InChI is InChI=1S/C14H21ClN2O2/c1-17-6-7-19-11(10-17)8-16-9-14(18)12-4-2-3-5-13(12)15/h2-5,11,14,16,18H,6-10H2,1H3/t11-,14+/m1/s1. The molecule has 1 heterocycles. The van der Waals surface area contributed by atoms with Crippen LogP contribution < -0.4 is 5.32 Å². The van der Waals surface area contributed by atoms with Gasteiger partial charge in [0.05, 0.1) is 18.8 Å². The second kappa shape index (κ2) is 7.22. The lowest BCUT2D eigenvalue weighted by Crippen LogP contribution is -2.45. The number of hydrogen-bond acceptors (Lipinski definition) is 4. The number of hydrogen-bond donors (Lipinski definition) is 2. The van der Waals surface area contributed by atoms with Gasteiger partial charge in [0.25, 0.3) is 0 Å². The second-order valence-electron chi connectivity index (χ2n) is 4.95. The first-order valence-electron chi connectivity index (χ1n) is 6.60. The van der Waals surface area contributed by atoms with Crippen molar-refractivity contribution in [2.24, 2.45) is 0 Å². The zero-order chi connectivity index (χ0) is 13.7. The Balaban J connectivity index is 1.75. The summed E-state index contributed by atoms with van der Waals surface area (Å²) in [6.45, 7) is 3.91. The molecule has 0 bridgehead atoms. The predicted molar refractivity (Wildman–Crippen MR) is 76.5 cm³/mol. The summed E-state index contributed by atoms with van der Waals surface area (Å²) in [5.41, 5.74) is 0.762. The first-order chi connectivity index (χ1) is 9.16. The number of rotatable bonds is 5. The van der Waals surface area contributed by atoms with Crippen molar-refractivity contribution in [1.82, 2.24) is 10.2 Å². The molecule has 4 nitrogen and oxygen atoms in total. The van der Waals surface area contributed by atoms with Gasteiger partial charge >= 0.3 is 0 Å². The van der Waals surface area contributed by atoms with Crippen LogP contribution in [-0.2, 0) is 4.74 Å². The van der Waals surface area contributed by atoms with Gasteiger partial charge in [-0.1, -0.05) is 29.8 Å².